The predicted molar refractivity (Wildman–Crippen MR) is 92.2 cm³/mol. The number of rotatable bonds is 5. The van der Waals surface area contributed by atoms with Crippen molar-refractivity contribution in [3.8, 4) is 0 Å². The van der Waals surface area contributed by atoms with Gasteiger partial charge in [0.2, 0.25) is 0 Å². The van der Waals surface area contributed by atoms with Crippen molar-refractivity contribution in [1.82, 2.24) is 9.55 Å². The molecule has 2 heterocycles. The summed E-state index contributed by atoms with van der Waals surface area (Å²) in [5.41, 5.74) is 3.68. The Balaban J connectivity index is 2.40. The van der Waals surface area contributed by atoms with Gasteiger partial charge in [-0.1, -0.05) is 26.8 Å². The summed E-state index contributed by atoms with van der Waals surface area (Å²) in [5.74, 6) is -0.887. The van der Waals surface area contributed by atoms with Crippen LogP contribution in [0.4, 0.5) is 0 Å². The van der Waals surface area contributed by atoms with Gasteiger partial charge in [-0.25, -0.2) is 4.79 Å². The van der Waals surface area contributed by atoms with Crippen molar-refractivity contribution < 1.29 is 9.90 Å². The monoisotopic (exact) mass is 312 g/mol. The Labute approximate surface area is 137 Å². The van der Waals surface area contributed by atoms with Crippen molar-refractivity contribution in [2.75, 3.05) is 0 Å². The van der Waals surface area contributed by atoms with Crippen LogP contribution in [-0.2, 0) is 17.8 Å². The first-order valence-corrected chi connectivity index (χ1v) is 7.75. The summed E-state index contributed by atoms with van der Waals surface area (Å²) in [6.45, 7) is 8.99. The lowest BCUT2D eigenvalue weighted by atomic mass is 9.96. The highest BCUT2D eigenvalue weighted by atomic mass is 16.4. The number of carboxylic acid groups (broad SMARTS) is 1. The van der Waals surface area contributed by atoms with Gasteiger partial charge in [-0.2, -0.15) is 0 Å². The molecule has 2 aromatic heterocycles. The largest absolute Gasteiger partial charge is 0.478 e. The molecule has 4 nitrogen and oxygen atoms in total. The fourth-order valence-corrected chi connectivity index (χ4v) is 2.47. The van der Waals surface area contributed by atoms with E-state index in [1.165, 1.54) is 0 Å². The zero-order chi connectivity index (χ0) is 17.0. The Bertz CT molecular complexity index is 707. The van der Waals surface area contributed by atoms with E-state index in [0.29, 0.717) is 5.57 Å². The molecule has 0 bridgehead atoms. The summed E-state index contributed by atoms with van der Waals surface area (Å²) in [6.07, 6.45) is 6.15. The van der Waals surface area contributed by atoms with E-state index in [2.05, 4.69) is 42.5 Å². The molecule has 23 heavy (non-hydrogen) atoms. The van der Waals surface area contributed by atoms with Crippen molar-refractivity contribution in [3.05, 3.63) is 59.2 Å². The van der Waals surface area contributed by atoms with E-state index in [1.807, 2.05) is 18.3 Å². The van der Waals surface area contributed by atoms with Crippen molar-refractivity contribution in [2.45, 2.75) is 40.7 Å². The van der Waals surface area contributed by atoms with Crippen LogP contribution in [0.25, 0.3) is 6.08 Å². The highest BCUT2D eigenvalue weighted by Gasteiger charge is 2.16. The number of nitrogens with zero attached hydrogens (tertiary/aromatic N) is 2. The molecule has 2 rings (SSSR count). The number of aromatic nitrogens is 2. The number of hydrogen-bond donors (Lipinski definition) is 1. The fourth-order valence-electron chi connectivity index (χ4n) is 2.47. The van der Waals surface area contributed by atoms with Crippen LogP contribution in [0.5, 0.6) is 0 Å². The molecule has 0 radical (unpaired) electrons. The second kappa shape index (κ2) is 6.82. The van der Waals surface area contributed by atoms with Gasteiger partial charge in [0, 0.05) is 42.3 Å². The molecule has 0 amide bonds. The van der Waals surface area contributed by atoms with Gasteiger partial charge in [-0.05, 0) is 42.2 Å². The van der Waals surface area contributed by atoms with E-state index in [4.69, 9.17) is 5.11 Å². The Morgan fingerprint density at radius 1 is 1.30 bits per heavy atom. The van der Waals surface area contributed by atoms with Crippen LogP contribution in [0.1, 0.15) is 44.6 Å². The Hall–Kier alpha value is -2.36. The first kappa shape index (κ1) is 17.0. The molecule has 4 heteroatoms. The third-order valence-corrected chi connectivity index (χ3v) is 3.55. The average molecular weight is 312 g/mol. The second-order valence-corrected chi connectivity index (χ2v) is 7.07. The number of aliphatic carboxylic acids is 1. The maximum atomic E-state index is 11.1. The van der Waals surface area contributed by atoms with Gasteiger partial charge in [0.05, 0.1) is 0 Å². The minimum atomic E-state index is -0.887. The standard InChI is InChI=1S/C19H24N2O2/c1-14(18(22)23)10-16-7-8-17(21(16)13-19(2,3)4)11-15-6-5-9-20-12-15/h5-10,12H,11,13H2,1-4H3,(H,22,23)/b14-10-. The minimum Gasteiger partial charge on any atom is -0.478 e. The van der Waals surface area contributed by atoms with Gasteiger partial charge in [-0.3, -0.25) is 4.98 Å². The molecule has 0 aliphatic rings. The van der Waals surface area contributed by atoms with Crippen molar-refractivity contribution >= 4 is 12.0 Å². The van der Waals surface area contributed by atoms with E-state index in [1.54, 1.807) is 19.2 Å². The van der Waals surface area contributed by atoms with Crippen LogP contribution in [0.2, 0.25) is 0 Å². The quantitative estimate of drug-likeness (QED) is 0.849. The summed E-state index contributed by atoms with van der Waals surface area (Å²) in [4.78, 5) is 15.3. The van der Waals surface area contributed by atoms with Gasteiger partial charge >= 0.3 is 5.97 Å². The van der Waals surface area contributed by atoms with Crippen LogP contribution in [-0.4, -0.2) is 20.6 Å². The predicted octanol–water partition coefficient (Wildman–Crippen LogP) is 4.01. The topological polar surface area (TPSA) is 55.1 Å². The van der Waals surface area contributed by atoms with Crippen molar-refractivity contribution in [1.29, 1.82) is 0 Å². The van der Waals surface area contributed by atoms with Crippen molar-refractivity contribution in [2.24, 2.45) is 5.41 Å². The molecule has 0 aliphatic carbocycles. The number of hydrogen-bond acceptors (Lipinski definition) is 2. The maximum Gasteiger partial charge on any atom is 0.331 e. The summed E-state index contributed by atoms with van der Waals surface area (Å²) in [5, 5.41) is 9.12. The highest BCUT2D eigenvalue weighted by Crippen LogP contribution is 2.23. The molecule has 1 N–H and O–H groups in total. The van der Waals surface area contributed by atoms with Crippen LogP contribution >= 0.6 is 0 Å². The molecule has 2 aromatic rings. The Kier molecular flexibility index (Phi) is 5.04. The number of pyridine rings is 1. The zero-order valence-corrected chi connectivity index (χ0v) is 14.2. The lowest BCUT2D eigenvalue weighted by Crippen LogP contribution is -2.18. The first-order valence-electron chi connectivity index (χ1n) is 7.75. The zero-order valence-electron chi connectivity index (χ0n) is 14.2. The molecule has 122 valence electrons. The molecule has 0 unspecified atom stereocenters. The van der Waals surface area contributed by atoms with E-state index in [9.17, 15) is 4.79 Å². The van der Waals surface area contributed by atoms with E-state index in [-0.39, 0.29) is 5.41 Å². The SMILES string of the molecule is C/C(=C/c1ccc(Cc2cccnc2)n1CC(C)(C)C)C(=O)O. The minimum absolute atomic E-state index is 0.0996. The smallest absolute Gasteiger partial charge is 0.331 e. The van der Waals surface area contributed by atoms with Gasteiger partial charge < -0.3 is 9.67 Å². The third-order valence-electron chi connectivity index (χ3n) is 3.55. The summed E-state index contributed by atoms with van der Waals surface area (Å²) < 4.78 is 2.21. The summed E-state index contributed by atoms with van der Waals surface area (Å²) in [7, 11) is 0. The van der Waals surface area contributed by atoms with Gasteiger partial charge in [-0.15, -0.1) is 0 Å². The third kappa shape index (κ3) is 4.81. The molecular weight excluding hydrogens is 288 g/mol. The van der Waals surface area contributed by atoms with Gasteiger partial charge in [0.25, 0.3) is 0 Å². The van der Waals surface area contributed by atoms with E-state index < -0.39 is 5.97 Å². The van der Waals surface area contributed by atoms with E-state index >= 15 is 0 Å². The maximum absolute atomic E-state index is 11.1. The number of carbonyl (C=O) groups is 1. The molecule has 0 atom stereocenters. The molecule has 0 saturated heterocycles. The summed E-state index contributed by atoms with van der Waals surface area (Å²) in [6, 6.07) is 8.05. The number of carboxylic acids is 1. The van der Waals surface area contributed by atoms with Gasteiger partial charge in [0.1, 0.15) is 0 Å². The van der Waals surface area contributed by atoms with Crippen LogP contribution < -0.4 is 0 Å². The normalized spacial score (nSPS) is 12.4. The summed E-state index contributed by atoms with van der Waals surface area (Å²) >= 11 is 0. The Morgan fingerprint density at radius 3 is 2.61 bits per heavy atom. The Morgan fingerprint density at radius 2 is 2.04 bits per heavy atom. The van der Waals surface area contributed by atoms with Crippen LogP contribution in [0.15, 0.2) is 42.2 Å². The van der Waals surface area contributed by atoms with Crippen LogP contribution in [0.3, 0.4) is 0 Å². The average Bonchev–Trinajstić information content (AvgIpc) is 2.80. The molecule has 0 fully saturated rings. The van der Waals surface area contributed by atoms with E-state index in [0.717, 1.165) is 29.9 Å². The van der Waals surface area contributed by atoms with Crippen LogP contribution in [0, 0.1) is 5.41 Å². The molecule has 0 aliphatic heterocycles. The molecule has 0 aromatic carbocycles. The fraction of sp³-hybridized carbons (Fsp3) is 0.368. The first-order chi connectivity index (χ1) is 10.8. The molecule has 0 saturated carbocycles. The second-order valence-electron chi connectivity index (χ2n) is 7.07. The molecule has 0 spiro atoms. The van der Waals surface area contributed by atoms with Crippen molar-refractivity contribution in [3.63, 3.8) is 0 Å². The molecular formula is C19H24N2O2. The highest BCUT2D eigenvalue weighted by molar-refractivity contribution is 5.91. The lowest BCUT2D eigenvalue weighted by Gasteiger charge is -2.23. The van der Waals surface area contributed by atoms with Gasteiger partial charge in [0.15, 0.2) is 0 Å². The lowest BCUT2D eigenvalue weighted by molar-refractivity contribution is -0.132.